The molecular formula is C15H26N4O2. The second-order valence-electron chi connectivity index (χ2n) is 6.18. The number of carbonyl (C=O) groups excluding carboxylic acids is 1. The lowest BCUT2D eigenvalue weighted by atomic mass is 10.2. The molecule has 0 saturated carbocycles. The number of carbonyl (C=O) groups is 1. The summed E-state index contributed by atoms with van der Waals surface area (Å²) in [6, 6.07) is 1.98. The smallest absolute Gasteiger partial charge is 0.234 e. The van der Waals surface area contributed by atoms with Crippen LogP contribution < -0.4 is 5.32 Å². The standard InChI is InChI=1S/C15H26N4O2/c1-12(2)9-16-15(20)11-19-6-4-18(5-7-19)10-14-8-13(3)17-21-14/h8,12H,4-7,9-11H2,1-3H3,(H,16,20). The number of rotatable bonds is 6. The molecule has 21 heavy (non-hydrogen) atoms. The monoisotopic (exact) mass is 294 g/mol. The van der Waals surface area contributed by atoms with Crippen LogP contribution in [-0.2, 0) is 11.3 Å². The van der Waals surface area contributed by atoms with Crippen molar-refractivity contribution in [1.29, 1.82) is 0 Å². The first-order chi connectivity index (χ1) is 10.0. The Morgan fingerprint density at radius 1 is 1.33 bits per heavy atom. The highest BCUT2D eigenvalue weighted by atomic mass is 16.5. The molecular weight excluding hydrogens is 268 g/mol. The van der Waals surface area contributed by atoms with Crippen molar-refractivity contribution in [2.45, 2.75) is 27.3 Å². The van der Waals surface area contributed by atoms with Gasteiger partial charge in [-0.25, -0.2) is 0 Å². The van der Waals surface area contributed by atoms with Crippen molar-refractivity contribution in [2.24, 2.45) is 5.92 Å². The summed E-state index contributed by atoms with van der Waals surface area (Å²) in [5, 5.41) is 6.87. The number of nitrogens with zero attached hydrogens (tertiary/aromatic N) is 3. The van der Waals surface area contributed by atoms with Crippen LogP contribution in [0.3, 0.4) is 0 Å². The zero-order valence-corrected chi connectivity index (χ0v) is 13.3. The molecule has 1 amide bonds. The number of hydrogen-bond donors (Lipinski definition) is 1. The Morgan fingerprint density at radius 2 is 2.00 bits per heavy atom. The van der Waals surface area contributed by atoms with E-state index in [1.807, 2.05) is 13.0 Å². The van der Waals surface area contributed by atoms with Gasteiger partial charge in [0.05, 0.1) is 18.8 Å². The first-order valence-electron chi connectivity index (χ1n) is 7.66. The molecule has 1 fully saturated rings. The lowest BCUT2D eigenvalue weighted by molar-refractivity contribution is -0.122. The lowest BCUT2D eigenvalue weighted by Gasteiger charge is -2.33. The third-order valence-corrected chi connectivity index (χ3v) is 3.60. The summed E-state index contributed by atoms with van der Waals surface area (Å²) in [5.74, 6) is 1.54. The summed E-state index contributed by atoms with van der Waals surface area (Å²) in [5.41, 5.74) is 0.922. The fourth-order valence-corrected chi connectivity index (χ4v) is 2.39. The fourth-order valence-electron chi connectivity index (χ4n) is 2.39. The molecule has 0 bridgehead atoms. The van der Waals surface area contributed by atoms with Crippen LogP contribution in [0.1, 0.15) is 25.3 Å². The van der Waals surface area contributed by atoms with Crippen molar-refractivity contribution in [2.75, 3.05) is 39.3 Å². The fraction of sp³-hybridized carbons (Fsp3) is 0.733. The molecule has 0 radical (unpaired) electrons. The van der Waals surface area contributed by atoms with Gasteiger partial charge in [-0.15, -0.1) is 0 Å². The summed E-state index contributed by atoms with van der Waals surface area (Å²) in [7, 11) is 0. The first-order valence-corrected chi connectivity index (χ1v) is 7.66. The van der Waals surface area contributed by atoms with E-state index in [9.17, 15) is 4.79 Å². The number of hydrogen-bond acceptors (Lipinski definition) is 5. The van der Waals surface area contributed by atoms with E-state index < -0.39 is 0 Å². The van der Waals surface area contributed by atoms with Gasteiger partial charge < -0.3 is 9.84 Å². The molecule has 0 unspecified atom stereocenters. The maximum Gasteiger partial charge on any atom is 0.234 e. The van der Waals surface area contributed by atoms with Gasteiger partial charge >= 0.3 is 0 Å². The van der Waals surface area contributed by atoms with E-state index in [0.717, 1.165) is 50.7 Å². The number of nitrogens with one attached hydrogen (secondary N) is 1. The van der Waals surface area contributed by atoms with E-state index in [0.29, 0.717) is 12.5 Å². The molecule has 0 aliphatic carbocycles. The average molecular weight is 294 g/mol. The number of aryl methyl sites for hydroxylation is 1. The minimum absolute atomic E-state index is 0.128. The normalized spacial score (nSPS) is 17.3. The Bertz CT molecular complexity index is 450. The predicted molar refractivity (Wildman–Crippen MR) is 80.8 cm³/mol. The zero-order chi connectivity index (χ0) is 15.2. The molecule has 1 N–H and O–H groups in total. The Labute approximate surface area is 126 Å². The van der Waals surface area contributed by atoms with Crippen molar-refractivity contribution in [3.63, 3.8) is 0 Å². The molecule has 1 saturated heterocycles. The molecule has 1 aliphatic heterocycles. The van der Waals surface area contributed by atoms with Crippen molar-refractivity contribution in [3.8, 4) is 0 Å². The van der Waals surface area contributed by atoms with Crippen LogP contribution in [0.25, 0.3) is 0 Å². The van der Waals surface area contributed by atoms with Gasteiger partial charge in [0.25, 0.3) is 0 Å². The predicted octanol–water partition coefficient (Wildman–Crippen LogP) is 0.873. The Kier molecular flexibility index (Phi) is 5.76. The second kappa shape index (κ2) is 7.56. The maximum atomic E-state index is 11.8. The molecule has 118 valence electrons. The summed E-state index contributed by atoms with van der Waals surface area (Å²) in [4.78, 5) is 16.3. The zero-order valence-electron chi connectivity index (χ0n) is 13.3. The highest BCUT2D eigenvalue weighted by Gasteiger charge is 2.20. The first kappa shape index (κ1) is 16.0. The van der Waals surface area contributed by atoms with Gasteiger partial charge in [-0.3, -0.25) is 14.6 Å². The van der Waals surface area contributed by atoms with Crippen LogP contribution in [0.2, 0.25) is 0 Å². The molecule has 6 nitrogen and oxygen atoms in total. The minimum Gasteiger partial charge on any atom is -0.360 e. The van der Waals surface area contributed by atoms with Gasteiger partial charge in [0, 0.05) is 38.8 Å². The third kappa shape index (κ3) is 5.47. The van der Waals surface area contributed by atoms with Crippen LogP contribution in [0.15, 0.2) is 10.6 Å². The quantitative estimate of drug-likeness (QED) is 0.843. The van der Waals surface area contributed by atoms with Crippen LogP contribution in [0.4, 0.5) is 0 Å². The molecule has 6 heteroatoms. The van der Waals surface area contributed by atoms with Crippen molar-refractivity contribution in [1.82, 2.24) is 20.3 Å². The topological polar surface area (TPSA) is 61.6 Å². The van der Waals surface area contributed by atoms with E-state index in [4.69, 9.17) is 4.52 Å². The summed E-state index contributed by atoms with van der Waals surface area (Å²) in [6.07, 6.45) is 0. The number of amides is 1. The van der Waals surface area contributed by atoms with Gasteiger partial charge in [0.15, 0.2) is 5.76 Å². The average Bonchev–Trinajstić information content (AvgIpc) is 2.84. The summed E-state index contributed by atoms with van der Waals surface area (Å²) < 4.78 is 5.24. The second-order valence-corrected chi connectivity index (χ2v) is 6.18. The molecule has 2 rings (SSSR count). The minimum atomic E-state index is 0.128. The van der Waals surface area contributed by atoms with Gasteiger partial charge in [0.2, 0.25) is 5.91 Å². The summed E-state index contributed by atoms with van der Waals surface area (Å²) in [6.45, 7) is 11.9. The molecule has 0 aromatic carbocycles. The van der Waals surface area contributed by atoms with Crippen LogP contribution in [0.5, 0.6) is 0 Å². The number of aromatic nitrogens is 1. The van der Waals surface area contributed by atoms with Gasteiger partial charge in [-0.1, -0.05) is 19.0 Å². The van der Waals surface area contributed by atoms with E-state index in [-0.39, 0.29) is 5.91 Å². The van der Waals surface area contributed by atoms with Crippen molar-refractivity contribution in [3.05, 3.63) is 17.5 Å². The number of piperazine rings is 1. The van der Waals surface area contributed by atoms with Crippen LogP contribution in [0, 0.1) is 12.8 Å². The third-order valence-electron chi connectivity index (χ3n) is 3.60. The highest BCUT2D eigenvalue weighted by molar-refractivity contribution is 5.78. The van der Waals surface area contributed by atoms with Gasteiger partial charge in [-0.2, -0.15) is 0 Å². The van der Waals surface area contributed by atoms with Gasteiger partial charge in [-0.05, 0) is 12.8 Å². The largest absolute Gasteiger partial charge is 0.360 e. The highest BCUT2D eigenvalue weighted by Crippen LogP contribution is 2.09. The molecule has 1 aliphatic rings. The molecule has 0 atom stereocenters. The molecule has 1 aromatic rings. The Morgan fingerprint density at radius 3 is 2.57 bits per heavy atom. The van der Waals surface area contributed by atoms with E-state index >= 15 is 0 Å². The summed E-state index contributed by atoms with van der Waals surface area (Å²) >= 11 is 0. The van der Waals surface area contributed by atoms with Crippen LogP contribution in [-0.4, -0.2) is 60.1 Å². The van der Waals surface area contributed by atoms with Gasteiger partial charge in [0.1, 0.15) is 0 Å². The SMILES string of the molecule is Cc1cc(CN2CCN(CC(=O)NCC(C)C)CC2)on1. The van der Waals surface area contributed by atoms with E-state index in [1.54, 1.807) is 0 Å². The van der Waals surface area contributed by atoms with Crippen molar-refractivity contribution >= 4 is 5.91 Å². The van der Waals surface area contributed by atoms with E-state index in [1.165, 1.54) is 0 Å². The van der Waals surface area contributed by atoms with Crippen LogP contribution >= 0.6 is 0 Å². The Hall–Kier alpha value is -1.40. The Balaban J connectivity index is 1.67. The molecule has 2 heterocycles. The maximum absolute atomic E-state index is 11.8. The van der Waals surface area contributed by atoms with Crippen molar-refractivity contribution < 1.29 is 9.32 Å². The lowest BCUT2D eigenvalue weighted by Crippen LogP contribution is -2.49. The molecule has 1 aromatic heterocycles. The van der Waals surface area contributed by atoms with E-state index in [2.05, 4.69) is 34.1 Å². The molecule has 0 spiro atoms.